The van der Waals surface area contributed by atoms with Gasteiger partial charge in [0.15, 0.2) is 0 Å². The summed E-state index contributed by atoms with van der Waals surface area (Å²) in [6, 6.07) is 5.48. The Hall–Kier alpha value is -1.22. The zero-order valence-corrected chi connectivity index (χ0v) is 8.07. The molecule has 3 heteroatoms. The highest BCUT2D eigenvalue weighted by atomic mass is 16.5. The number of anilines is 1. The van der Waals surface area contributed by atoms with Crippen LogP contribution in [0.15, 0.2) is 18.2 Å². The van der Waals surface area contributed by atoms with Gasteiger partial charge in [-0.2, -0.15) is 0 Å². The molecule has 1 fully saturated rings. The smallest absolute Gasteiger partial charge is 0.138 e. The van der Waals surface area contributed by atoms with Gasteiger partial charge in [-0.15, -0.1) is 0 Å². The number of hydrogen-bond donors (Lipinski definition) is 2. The summed E-state index contributed by atoms with van der Waals surface area (Å²) in [5.41, 5.74) is 7.32. The van der Waals surface area contributed by atoms with Gasteiger partial charge < -0.3 is 15.6 Å². The Balaban J connectivity index is 2.18. The van der Waals surface area contributed by atoms with Gasteiger partial charge in [0.25, 0.3) is 0 Å². The van der Waals surface area contributed by atoms with E-state index in [1.807, 2.05) is 12.1 Å². The predicted molar refractivity (Wildman–Crippen MR) is 55.3 cm³/mol. The molecule has 1 aromatic carbocycles. The maximum Gasteiger partial charge on any atom is 0.138 e. The Morgan fingerprint density at radius 2 is 2.00 bits per heavy atom. The SMILES string of the molecule is Nc1cc(C2CCOCC2)ccc1O. The Kier molecular flexibility index (Phi) is 2.59. The van der Waals surface area contributed by atoms with Crippen molar-refractivity contribution in [1.29, 1.82) is 0 Å². The van der Waals surface area contributed by atoms with Crippen LogP contribution in [0, 0.1) is 0 Å². The first-order valence-electron chi connectivity index (χ1n) is 4.93. The quantitative estimate of drug-likeness (QED) is 0.528. The molecule has 14 heavy (non-hydrogen) atoms. The van der Waals surface area contributed by atoms with E-state index >= 15 is 0 Å². The molecule has 1 heterocycles. The van der Waals surface area contributed by atoms with Gasteiger partial charge in [-0.3, -0.25) is 0 Å². The maximum atomic E-state index is 9.29. The molecule has 0 atom stereocenters. The zero-order chi connectivity index (χ0) is 9.97. The van der Waals surface area contributed by atoms with Crippen molar-refractivity contribution < 1.29 is 9.84 Å². The minimum atomic E-state index is 0.167. The van der Waals surface area contributed by atoms with Crippen LogP contribution in [0.1, 0.15) is 24.3 Å². The Bertz CT molecular complexity index is 319. The van der Waals surface area contributed by atoms with Crippen LogP contribution in [0.25, 0.3) is 0 Å². The van der Waals surface area contributed by atoms with Crippen molar-refractivity contribution in [3.63, 3.8) is 0 Å². The van der Waals surface area contributed by atoms with Gasteiger partial charge in [0.05, 0.1) is 5.69 Å². The van der Waals surface area contributed by atoms with Crippen LogP contribution in [0.3, 0.4) is 0 Å². The van der Waals surface area contributed by atoms with Crippen molar-refractivity contribution in [1.82, 2.24) is 0 Å². The third kappa shape index (κ3) is 1.82. The molecule has 0 radical (unpaired) electrons. The van der Waals surface area contributed by atoms with Crippen LogP contribution >= 0.6 is 0 Å². The van der Waals surface area contributed by atoms with E-state index < -0.39 is 0 Å². The standard InChI is InChI=1S/C11H15NO2/c12-10-7-9(1-2-11(10)13)8-3-5-14-6-4-8/h1-2,7-8,13H,3-6,12H2. The topological polar surface area (TPSA) is 55.5 Å². The summed E-state index contributed by atoms with van der Waals surface area (Å²) in [7, 11) is 0. The number of nitrogens with two attached hydrogens (primary N) is 1. The second kappa shape index (κ2) is 3.88. The van der Waals surface area contributed by atoms with Gasteiger partial charge in [-0.1, -0.05) is 6.07 Å². The summed E-state index contributed by atoms with van der Waals surface area (Å²) in [4.78, 5) is 0. The second-order valence-electron chi connectivity index (χ2n) is 3.70. The molecule has 2 rings (SSSR count). The molecule has 0 unspecified atom stereocenters. The first kappa shape index (κ1) is 9.34. The van der Waals surface area contributed by atoms with Gasteiger partial charge in [0.2, 0.25) is 0 Å². The Labute approximate surface area is 83.5 Å². The minimum Gasteiger partial charge on any atom is -0.506 e. The van der Waals surface area contributed by atoms with E-state index in [-0.39, 0.29) is 5.75 Å². The number of nitrogen functional groups attached to an aromatic ring is 1. The molecule has 1 aliphatic rings. The van der Waals surface area contributed by atoms with Crippen LogP contribution in [0.4, 0.5) is 5.69 Å². The molecule has 76 valence electrons. The van der Waals surface area contributed by atoms with Gasteiger partial charge in [0, 0.05) is 13.2 Å². The molecule has 0 saturated carbocycles. The average Bonchev–Trinajstić information content (AvgIpc) is 2.23. The lowest BCUT2D eigenvalue weighted by Crippen LogP contribution is -2.14. The number of benzene rings is 1. The fourth-order valence-electron chi connectivity index (χ4n) is 1.86. The number of hydrogen-bond acceptors (Lipinski definition) is 3. The molecular formula is C11H15NO2. The van der Waals surface area contributed by atoms with E-state index in [2.05, 4.69) is 0 Å². The van der Waals surface area contributed by atoms with Crippen LogP contribution in [0.2, 0.25) is 0 Å². The number of rotatable bonds is 1. The lowest BCUT2D eigenvalue weighted by atomic mass is 9.91. The molecule has 0 aromatic heterocycles. The summed E-state index contributed by atoms with van der Waals surface area (Å²) in [6.45, 7) is 1.65. The summed E-state index contributed by atoms with van der Waals surface area (Å²) >= 11 is 0. The fourth-order valence-corrected chi connectivity index (χ4v) is 1.86. The lowest BCUT2D eigenvalue weighted by Gasteiger charge is -2.22. The monoisotopic (exact) mass is 193 g/mol. The molecular weight excluding hydrogens is 178 g/mol. The van der Waals surface area contributed by atoms with Crippen molar-refractivity contribution in [2.24, 2.45) is 0 Å². The molecule has 3 N–H and O–H groups in total. The van der Waals surface area contributed by atoms with Crippen LogP contribution in [0.5, 0.6) is 5.75 Å². The highest BCUT2D eigenvalue weighted by Gasteiger charge is 2.16. The summed E-state index contributed by atoms with van der Waals surface area (Å²) in [5.74, 6) is 0.701. The minimum absolute atomic E-state index is 0.167. The molecule has 3 nitrogen and oxygen atoms in total. The van der Waals surface area contributed by atoms with Gasteiger partial charge in [0.1, 0.15) is 5.75 Å². The molecule has 1 aromatic rings. The van der Waals surface area contributed by atoms with Crippen molar-refractivity contribution in [3.8, 4) is 5.75 Å². The number of phenols is 1. The van der Waals surface area contributed by atoms with Gasteiger partial charge in [-0.25, -0.2) is 0 Å². The Morgan fingerprint density at radius 3 is 2.64 bits per heavy atom. The lowest BCUT2D eigenvalue weighted by molar-refractivity contribution is 0.0853. The average molecular weight is 193 g/mol. The summed E-state index contributed by atoms with van der Waals surface area (Å²) < 4.78 is 5.29. The molecule has 1 saturated heterocycles. The van der Waals surface area contributed by atoms with E-state index in [0.717, 1.165) is 26.1 Å². The van der Waals surface area contributed by atoms with Crippen LogP contribution in [-0.4, -0.2) is 18.3 Å². The fraction of sp³-hybridized carbons (Fsp3) is 0.455. The molecule has 0 aliphatic carbocycles. The summed E-state index contributed by atoms with van der Waals surface area (Å²) in [5, 5.41) is 9.29. The van der Waals surface area contributed by atoms with Crippen molar-refractivity contribution in [3.05, 3.63) is 23.8 Å². The predicted octanol–water partition coefficient (Wildman–Crippen LogP) is 1.87. The van der Waals surface area contributed by atoms with Crippen LogP contribution < -0.4 is 5.73 Å². The van der Waals surface area contributed by atoms with Crippen LogP contribution in [-0.2, 0) is 4.74 Å². The molecule has 0 bridgehead atoms. The van der Waals surface area contributed by atoms with E-state index in [4.69, 9.17) is 10.5 Å². The molecule has 0 amide bonds. The van der Waals surface area contributed by atoms with E-state index in [9.17, 15) is 5.11 Å². The maximum absolute atomic E-state index is 9.29. The number of aromatic hydroxyl groups is 1. The van der Waals surface area contributed by atoms with E-state index in [0.29, 0.717) is 11.6 Å². The highest BCUT2D eigenvalue weighted by molar-refractivity contribution is 5.53. The first-order valence-corrected chi connectivity index (χ1v) is 4.93. The van der Waals surface area contributed by atoms with Crippen molar-refractivity contribution in [2.45, 2.75) is 18.8 Å². The normalized spacial score (nSPS) is 18.3. The molecule has 0 spiro atoms. The second-order valence-corrected chi connectivity index (χ2v) is 3.70. The molecule has 1 aliphatic heterocycles. The largest absolute Gasteiger partial charge is 0.506 e. The highest BCUT2D eigenvalue weighted by Crippen LogP contribution is 2.30. The first-order chi connectivity index (χ1) is 6.77. The third-order valence-corrected chi connectivity index (χ3v) is 2.74. The third-order valence-electron chi connectivity index (χ3n) is 2.74. The van der Waals surface area contributed by atoms with Crippen molar-refractivity contribution >= 4 is 5.69 Å². The number of ether oxygens (including phenoxy) is 1. The Morgan fingerprint density at radius 1 is 1.29 bits per heavy atom. The van der Waals surface area contributed by atoms with Crippen molar-refractivity contribution in [2.75, 3.05) is 18.9 Å². The summed E-state index contributed by atoms with van der Waals surface area (Å²) in [6.07, 6.45) is 2.09. The van der Waals surface area contributed by atoms with E-state index in [1.165, 1.54) is 5.56 Å². The number of phenolic OH excluding ortho intramolecular Hbond substituents is 1. The van der Waals surface area contributed by atoms with Gasteiger partial charge in [-0.05, 0) is 36.5 Å². The zero-order valence-electron chi connectivity index (χ0n) is 8.07. The van der Waals surface area contributed by atoms with Gasteiger partial charge >= 0.3 is 0 Å². The van der Waals surface area contributed by atoms with E-state index in [1.54, 1.807) is 6.07 Å².